The van der Waals surface area contributed by atoms with Crippen molar-refractivity contribution in [2.24, 2.45) is 0 Å². The molecule has 0 amide bonds. The second-order valence-electron chi connectivity index (χ2n) is 4.38. The SMILES string of the molecule is CCN(CC)CCNC(C)c1ccc(F)c(F)c1. The Kier molecular flexibility index (Phi) is 6.22. The predicted octanol–water partition coefficient (Wildman–Crippen LogP) is 2.96. The third-order valence-corrected chi connectivity index (χ3v) is 3.22. The Morgan fingerprint density at radius 3 is 2.39 bits per heavy atom. The summed E-state index contributed by atoms with van der Waals surface area (Å²) in [6.45, 7) is 10.1. The minimum absolute atomic E-state index is 0.0238. The Bertz CT molecular complexity index is 365. The third kappa shape index (κ3) is 4.35. The molecule has 0 aliphatic heterocycles. The molecule has 0 aliphatic carbocycles. The van der Waals surface area contributed by atoms with Gasteiger partial charge in [-0.25, -0.2) is 8.78 Å². The second kappa shape index (κ2) is 7.44. The molecule has 0 saturated carbocycles. The third-order valence-electron chi connectivity index (χ3n) is 3.22. The van der Waals surface area contributed by atoms with Gasteiger partial charge in [0.25, 0.3) is 0 Å². The van der Waals surface area contributed by atoms with Crippen LogP contribution in [0.15, 0.2) is 18.2 Å². The molecule has 0 radical (unpaired) electrons. The molecule has 0 fully saturated rings. The zero-order chi connectivity index (χ0) is 13.5. The Labute approximate surface area is 108 Å². The van der Waals surface area contributed by atoms with E-state index in [1.807, 2.05) is 6.92 Å². The molecule has 0 spiro atoms. The summed E-state index contributed by atoms with van der Waals surface area (Å²) < 4.78 is 25.9. The van der Waals surface area contributed by atoms with Crippen LogP contribution in [0.4, 0.5) is 8.78 Å². The highest BCUT2D eigenvalue weighted by Crippen LogP contribution is 2.15. The standard InChI is InChI=1S/C14H22F2N2/c1-4-18(5-2)9-8-17-11(3)12-6-7-13(15)14(16)10-12/h6-7,10-11,17H,4-5,8-9H2,1-3H3. The monoisotopic (exact) mass is 256 g/mol. The zero-order valence-corrected chi connectivity index (χ0v) is 11.3. The van der Waals surface area contributed by atoms with Gasteiger partial charge in [0.05, 0.1) is 0 Å². The van der Waals surface area contributed by atoms with Gasteiger partial charge in [0.15, 0.2) is 11.6 Å². The second-order valence-corrected chi connectivity index (χ2v) is 4.38. The van der Waals surface area contributed by atoms with Crippen LogP contribution >= 0.6 is 0 Å². The van der Waals surface area contributed by atoms with Crippen LogP contribution in [0, 0.1) is 11.6 Å². The van der Waals surface area contributed by atoms with Gasteiger partial charge in [-0.15, -0.1) is 0 Å². The first-order valence-electron chi connectivity index (χ1n) is 6.49. The van der Waals surface area contributed by atoms with E-state index < -0.39 is 11.6 Å². The number of nitrogens with zero attached hydrogens (tertiary/aromatic N) is 1. The van der Waals surface area contributed by atoms with Crippen molar-refractivity contribution in [1.29, 1.82) is 0 Å². The summed E-state index contributed by atoms with van der Waals surface area (Å²) in [6, 6.07) is 4.07. The van der Waals surface area contributed by atoms with Crippen molar-refractivity contribution in [3.05, 3.63) is 35.4 Å². The van der Waals surface area contributed by atoms with Crippen LogP contribution in [0.1, 0.15) is 32.4 Å². The van der Waals surface area contributed by atoms with Crippen LogP contribution in [-0.2, 0) is 0 Å². The topological polar surface area (TPSA) is 15.3 Å². The zero-order valence-electron chi connectivity index (χ0n) is 11.3. The molecule has 2 nitrogen and oxygen atoms in total. The maximum atomic E-state index is 13.1. The van der Waals surface area contributed by atoms with Crippen molar-refractivity contribution in [2.75, 3.05) is 26.2 Å². The van der Waals surface area contributed by atoms with E-state index >= 15 is 0 Å². The van der Waals surface area contributed by atoms with Crippen molar-refractivity contribution in [3.63, 3.8) is 0 Å². The van der Waals surface area contributed by atoms with Crippen LogP contribution in [-0.4, -0.2) is 31.1 Å². The van der Waals surface area contributed by atoms with E-state index in [1.165, 1.54) is 12.1 Å². The van der Waals surface area contributed by atoms with E-state index in [0.717, 1.165) is 31.7 Å². The summed E-state index contributed by atoms with van der Waals surface area (Å²) in [7, 11) is 0. The highest BCUT2D eigenvalue weighted by molar-refractivity contribution is 5.20. The van der Waals surface area contributed by atoms with Crippen molar-refractivity contribution < 1.29 is 8.78 Å². The molecule has 1 rings (SSSR count). The van der Waals surface area contributed by atoms with Gasteiger partial charge < -0.3 is 10.2 Å². The van der Waals surface area contributed by atoms with Gasteiger partial charge in [0, 0.05) is 19.1 Å². The van der Waals surface area contributed by atoms with Gasteiger partial charge in [-0.2, -0.15) is 0 Å². The molecule has 1 aromatic carbocycles. The summed E-state index contributed by atoms with van der Waals surface area (Å²) in [5, 5.41) is 3.31. The molecule has 0 aliphatic rings. The first-order chi connectivity index (χ1) is 8.58. The molecule has 1 unspecified atom stereocenters. The highest BCUT2D eigenvalue weighted by Gasteiger charge is 2.09. The number of benzene rings is 1. The fraction of sp³-hybridized carbons (Fsp3) is 0.571. The average molecular weight is 256 g/mol. The lowest BCUT2D eigenvalue weighted by Crippen LogP contribution is -2.33. The summed E-state index contributed by atoms with van der Waals surface area (Å²) >= 11 is 0. The quantitative estimate of drug-likeness (QED) is 0.807. The number of rotatable bonds is 7. The number of likely N-dealkylation sites (N-methyl/N-ethyl adjacent to an activating group) is 1. The molecule has 1 aromatic rings. The van der Waals surface area contributed by atoms with Gasteiger partial charge in [-0.05, 0) is 37.7 Å². The van der Waals surface area contributed by atoms with Crippen molar-refractivity contribution in [3.8, 4) is 0 Å². The van der Waals surface area contributed by atoms with Gasteiger partial charge in [0.1, 0.15) is 0 Å². The summed E-state index contributed by atoms with van der Waals surface area (Å²) in [5.41, 5.74) is 0.772. The first kappa shape index (κ1) is 15.1. The minimum Gasteiger partial charge on any atom is -0.309 e. The van der Waals surface area contributed by atoms with Gasteiger partial charge in [-0.1, -0.05) is 19.9 Å². The smallest absolute Gasteiger partial charge is 0.159 e. The molecule has 1 atom stereocenters. The lowest BCUT2D eigenvalue weighted by atomic mass is 10.1. The van der Waals surface area contributed by atoms with E-state index in [0.29, 0.717) is 0 Å². The number of halogens is 2. The Morgan fingerprint density at radius 1 is 1.17 bits per heavy atom. The largest absolute Gasteiger partial charge is 0.309 e. The Balaban J connectivity index is 2.45. The van der Waals surface area contributed by atoms with Crippen molar-refractivity contribution in [2.45, 2.75) is 26.8 Å². The molecule has 0 aromatic heterocycles. The summed E-state index contributed by atoms with van der Waals surface area (Å²) in [6.07, 6.45) is 0. The molecular formula is C14H22F2N2. The van der Waals surface area contributed by atoms with E-state index in [4.69, 9.17) is 0 Å². The Hall–Kier alpha value is -1.00. The van der Waals surface area contributed by atoms with Crippen LogP contribution in [0.5, 0.6) is 0 Å². The maximum absolute atomic E-state index is 13.1. The highest BCUT2D eigenvalue weighted by atomic mass is 19.2. The molecule has 18 heavy (non-hydrogen) atoms. The normalized spacial score (nSPS) is 13.0. The van der Waals surface area contributed by atoms with Gasteiger partial charge in [0.2, 0.25) is 0 Å². The fourth-order valence-electron chi connectivity index (χ4n) is 1.88. The van der Waals surface area contributed by atoms with E-state index in [9.17, 15) is 8.78 Å². The molecular weight excluding hydrogens is 234 g/mol. The fourth-order valence-corrected chi connectivity index (χ4v) is 1.88. The minimum atomic E-state index is -0.797. The summed E-state index contributed by atoms with van der Waals surface area (Å²) in [5.74, 6) is -1.58. The van der Waals surface area contributed by atoms with Crippen LogP contribution < -0.4 is 5.32 Å². The molecule has 0 heterocycles. The number of hydrogen-bond acceptors (Lipinski definition) is 2. The van der Waals surface area contributed by atoms with Crippen LogP contribution in [0.25, 0.3) is 0 Å². The molecule has 0 bridgehead atoms. The van der Waals surface area contributed by atoms with E-state index in [2.05, 4.69) is 24.1 Å². The van der Waals surface area contributed by atoms with E-state index in [-0.39, 0.29) is 6.04 Å². The summed E-state index contributed by atoms with van der Waals surface area (Å²) in [4.78, 5) is 2.31. The van der Waals surface area contributed by atoms with Crippen LogP contribution in [0.2, 0.25) is 0 Å². The average Bonchev–Trinajstić information content (AvgIpc) is 2.37. The number of nitrogens with one attached hydrogen (secondary N) is 1. The first-order valence-corrected chi connectivity index (χ1v) is 6.49. The molecule has 102 valence electrons. The molecule has 4 heteroatoms. The van der Waals surface area contributed by atoms with Gasteiger partial charge in [-0.3, -0.25) is 0 Å². The van der Waals surface area contributed by atoms with Gasteiger partial charge >= 0.3 is 0 Å². The lowest BCUT2D eigenvalue weighted by Gasteiger charge is -2.20. The van der Waals surface area contributed by atoms with Crippen LogP contribution in [0.3, 0.4) is 0 Å². The van der Waals surface area contributed by atoms with Crippen molar-refractivity contribution in [1.82, 2.24) is 10.2 Å². The van der Waals surface area contributed by atoms with Crippen molar-refractivity contribution >= 4 is 0 Å². The Morgan fingerprint density at radius 2 is 1.83 bits per heavy atom. The maximum Gasteiger partial charge on any atom is 0.159 e. The molecule has 0 saturated heterocycles. The van der Waals surface area contributed by atoms with E-state index in [1.54, 1.807) is 6.07 Å². The lowest BCUT2D eigenvalue weighted by molar-refractivity contribution is 0.298. The molecule has 1 N–H and O–H groups in total. The number of hydrogen-bond donors (Lipinski definition) is 1. The predicted molar refractivity (Wildman–Crippen MR) is 70.6 cm³/mol.